The Kier molecular flexibility index (Phi) is 9.26. The van der Waals surface area contributed by atoms with E-state index in [1.54, 1.807) is 6.07 Å². The van der Waals surface area contributed by atoms with Crippen molar-refractivity contribution in [2.24, 2.45) is 0 Å². The molecular weight excluding hydrogens is 627 g/mol. The lowest BCUT2D eigenvalue weighted by Crippen LogP contribution is -2.63. The van der Waals surface area contributed by atoms with Crippen LogP contribution < -0.4 is 8.92 Å². The summed E-state index contributed by atoms with van der Waals surface area (Å²) < 4.78 is 153. The first-order chi connectivity index (χ1) is 20.4. The fraction of sp³-hybridized carbons (Fsp3) is 0.400. The van der Waals surface area contributed by atoms with Gasteiger partial charge in [-0.2, -0.15) is 47.9 Å². The Labute approximate surface area is 247 Å². The number of unbranched alkanes of at least 4 members (excludes halogenated alkanes) is 1. The highest BCUT2D eigenvalue weighted by Gasteiger charge is 2.86. The second-order valence-corrected chi connectivity index (χ2v) is 12.0. The molecule has 0 aliphatic heterocycles. The minimum atomic E-state index is -7.38. The van der Waals surface area contributed by atoms with Gasteiger partial charge in [-0.3, -0.25) is 0 Å². The number of fused-ring (bicyclic) bond motifs is 1. The number of alkyl halides is 9. The third-order valence-corrected chi connectivity index (χ3v) is 8.74. The predicted molar refractivity (Wildman–Crippen MR) is 143 cm³/mol. The van der Waals surface area contributed by atoms with Gasteiger partial charge in [0.05, 0.1) is 6.61 Å². The third-order valence-electron chi connectivity index (χ3n) is 7.45. The molecule has 0 saturated heterocycles. The molecule has 4 rings (SSSR count). The van der Waals surface area contributed by atoms with E-state index in [0.717, 1.165) is 41.7 Å². The summed E-state index contributed by atoms with van der Waals surface area (Å²) in [5.41, 5.74) is 3.40. The number of ether oxygens (including phenoxy) is 1. The van der Waals surface area contributed by atoms with Crippen molar-refractivity contribution >= 4 is 10.1 Å². The van der Waals surface area contributed by atoms with Gasteiger partial charge < -0.3 is 8.92 Å². The molecule has 0 amide bonds. The normalized spacial score (nSPS) is 18.0. The van der Waals surface area contributed by atoms with Gasteiger partial charge in [0.2, 0.25) is 0 Å². The van der Waals surface area contributed by atoms with Crippen LogP contribution in [0.1, 0.15) is 60.3 Å². The van der Waals surface area contributed by atoms with E-state index in [-0.39, 0.29) is 11.8 Å². The Balaban J connectivity index is 1.66. The summed E-state index contributed by atoms with van der Waals surface area (Å²) in [6.07, 6.45) is -3.98. The molecule has 4 nitrogen and oxygen atoms in total. The fourth-order valence-electron chi connectivity index (χ4n) is 5.12. The van der Waals surface area contributed by atoms with Gasteiger partial charge >= 0.3 is 33.4 Å². The summed E-state index contributed by atoms with van der Waals surface area (Å²) in [5, 5.41) is -6.95. The second kappa shape index (κ2) is 12.2. The molecule has 0 saturated carbocycles. The number of halogens is 9. The van der Waals surface area contributed by atoms with Gasteiger partial charge in [-0.25, -0.2) is 0 Å². The SMILES string of the molecule is CCCCOc1ccc2c(c1)CCC(c1ccccc1)C2c1ccc(OS(=O)(=O)C(F)(F)C(F)(F)C(F)(F)C(F)(F)F)cc1. The molecule has 1 aliphatic carbocycles. The van der Waals surface area contributed by atoms with Gasteiger partial charge in [0.1, 0.15) is 11.5 Å². The molecule has 0 aromatic heterocycles. The van der Waals surface area contributed by atoms with Crippen LogP contribution in [0.25, 0.3) is 0 Å². The molecule has 1 aliphatic rings. The molecule has 44 heavy (non-hydrogen) atoms. The van der Waals surface area contributed by atoms with Crippen LogP contribution in [0.5, 0.6) is 11.5 Å². The lowest BCUT2D eigenvalue weighted by atomic mass is 9.69. The quantitative estimate of drug-likeness (QED) is 0.118. The molecule has 0 N–H and O–H groups in total. The average molecular weight is 655 g/mol. The fourth-order valence-corrected chi connectivity index (χ4v) is 6.03. The van der Waals surface area contributed by atoms with E-state index in [0.29, 0.717) is 30.8 Å². The highest BCUT2D eigenvalue weighted by atomic mass is 32.2. The van der Waals surface area contributed by atoms with Crippen molar-refractivity contribution in [2.75, 3.05) is 6.61 Å². The number of hydrogen-bond acceptors (Lipinski definition) is 4. The van der Waals surface area contributed by atoms with Crippen molar-refractivity contribution in [3.63, 3.8) is 0 Å². The molecule has 0 radical (unpaired) electrons. The molecular formula is C30H27F9O4S. The van der Waals surface area contributed by atoms with Crippen LogP contribution in [-0.4, -0.2) is 38.3 Å². The lowest BCUT2D eigenvalue weighted by molar-refractivity contribution is -0.382. The van der Waals surface area contributed by atoms with Crippen LogP contribution >= 0.6 is 0 Å². The largest absolute Gasteiger partial charge is 0.494 e. The lowest BCUT2D eigenvalue weighted by Gasteiger charge is -2.35. The summed E-state index contributed by atoms with van der Waals surface area (Å²) in [6.45, 7) is 2.57. The van der Waals surface area contributed by atoms with E-state index in [9.17, 15) is 47.9 Å². The molecule has 2 atom stereocenters. The van der Waals surface area contributed by atoms with Crippen molar-refractivity contribution < 1.29 is 56.9 Å². The van der Waals surface area contributed by atoms with Crippen LogP contribution in [0.3, 0.4) is 0 Å². The van der Waals surface area contributed by atoms with Crippen LogP contribution in [0, 0.1) is 0 Å². The number of rotatable bonds is 11. The minimum Gasteiger partial charge on any atom is -0.494 e. The average Bonchev–Trinajstić information content (AvgIpc) is 2.96. The summed E-state index contributed by atoms with van der Waals surface area (Å²) in [6, 6.07) is 19.2. The summed E-state index contributed by atoms with van der Waals surface area (Å²) in [5.74, 6) is -15.5. The van der Waals surface area contributed by atoms with E-state index in [1.165, 1.54) is 12.1 Å². The monoisotopic (exact) mass is 654 g/mol. The first-order valence-electron chi connectivity index (χ1n) is 13.5. The van der Waals surface area contributed by atoms with Crippen molar-refractivity contribution in [3.8, 4) is 11.5 Å². The highest BCUT2D eigenvalue weighted by molar-refractivity contribution is 7.88. The van der Waals surface area contributed by atoms with Crippen LogP contribution in [-0.2, 0) is 16.5 Å². The smallest absolute Gasteiger partial charge is 0.460 e. The van der Waals surface area contributed by atoms with Crippen LogP contribution in [0.15, 0.2) is 72.8 Å². The maximum Gasteiger partial charge on any atom is 0.460 e. The first-order valence-corrected chi connectivity index (χ1v) is 14.9. The zero-order chi connectivity index (χ0) is 32.6. The van der Waals surface area contributed by atoms with Crippen LogP contribution in [0.2, 0.25) is 0 Å². The van der Waals surface area contributed by atoms with Gasteiger partial charge in [-0.1, -0.05) is 61.9 Å². The summed E-state index contributed by atoms with van der Waals surface area (Å²) in [4.78, 5) is 0. The second-order valence-electron chi connectivity index (χ2n) is 10.4. The molecule has 240 valence electrons. The maximum absolute atomic E-state index is 14.1. The number of hydrogen-bond donors (Lipinski definition) is 0. The topological polar surface area (TPSA) is 52.6 Å². The Hall–Kier alpha value is -3.42. The molecule has 0 heterocycles. The van der Waals surface area contributed by atoms with Gasteiger partial charge in [0.25, 0.3) is 0 Å². The molecule has 0 bridgehead atoms. The zero-order valence-electron chi connectivity index (χ0n) is 23.1. The van der Waals surface area contributed by atoms with Crippen molar-refractivity contribution in [2.45, 2.75) is 67.7 Å². The molecule has 14 heteroatoms. The molecule has 3 aromatic rings. The summed E-state index contributed by atoms with van der Waals surface area (Å²) >= 11 is 0. The van der Waals surface area contributed by atoms with Crippen molar-refractivity contribution in [1.29, 1.82) is 0 Å². The Morgan fingerprint density at radius 3 is 1.98 bits per heavy atom. The van der Waals surface area contributed by atoms with E-state index in [2.05, 4.69) is 4.18 Å². The zero-order valence-corrected chi connectivity index (χ0v) is 23.9. The Bertz CT molecular complexity index is 1540. The Morgan fingerprint density at radius 1 is 0.773 bits per heavy atom. The van der Waals surface area contributed by atoms with Crippen LogP contribution in [0.4, 0.5) is 39.5 Å². The molecule has 0 spiro atoms. The minimum absolute atomic E-state index is 0.0984. The highest BCUT2D eigenvalue weighted by Crippen LogP contribution is 2.55. The Morgan fingerprint density at radius 2 is 1.39 bits per heavy atom. The van der Waals surface area contributed by atoms with E-state index >= 15 is 0 Å². The van der Waals surface area contributed by atoms with Gasteiger partial charge in [0, 0.05) is 5.92 Å². The summed E-state index contributed by atoms with van der Waals surface area (Å²) in [7, 11) is -7.05. The van der Waals surface area contributed by atoms with Gasteiger partial charge in [-0.15, -0.1) is 0 Å². The third kappa shape index (κ3) is 6.09. The van der Waals surface area contributed by atoms with E-state index in [4.69, 9.17) is 4.74 Å². The predicted octanol–water partition coefficient (Wildman–Crippen LogP) is 8.86. The standard InChI is InChI=1S/C30H27F9O4S/c1-2-3-17-42-23-14-16-25-21(18-23)11-15-24(19-7-5-4-6-8-19)26(25)20-9-12-22(13-10-20)43-44(40,41)30(38,39)28(33,34)27(31,32)29(35,36)37/h4-10,12-14,16,18,24,26H,2-3,11,15,17H2,1H3. The maximum atomic E-state index is 14.1. The molecule has 2 unspecified atom stereocenters. The van der Waals surface area contributed by atoms with Gasteiger partial charge in [0.15, 0.2) is 0 Å². The first kappa shape index (κ1) is 33.5. The van der Waals surface area contributed by atoms with Crippen molar-refractivity contribution in [1.82, 2.24) is 0 Å². The number of benzene rings is 3. The van der Waals surface area contributed by atoms with E-state index in [1.807, 2.05) is 49.4 Å². The van der Waals surface area contributed by atoms with Crippen molar-refractivity contribution in [3.05, 3.63) is 95.1 Å². The van der Waals surface area contributed by atoms with Gasteiger partial charge in [-0.05, 0) is 71.7 Å². The molecule has 0 fully saturated rings. The molecule has 3 aromatic carbocycles. The van der Waals surface area contributed by atoms with E-state index < -0.39 is 39.1 Å². The number of aryl methyl sites for hydroxylation is 1.